The normalized spacial score (nSPS) is 11.9. The molecule has 0 aromatic carbocycles. The highest BCUT2D eigenvalue weighted by atomic mass is 16.6. The van der Waals surface area contributed by atoms with Gasteiger partial charge in [0.1, 0.15) is 13.2 Å². The Kier molecular flexibility index (Phi) is 42.3. The molecule has 6 nitrogen and oxygen atoms in total. The second-order valence-electron chi connectivity index (χ2n) is 17.2. The topological polar surface area (TPSA) is 78.9 Å². The summed E-state index contributed by atoms with van der Waals surface area (Å²) in [6, 6.07) is 0. The maximum atomic E-state index is 12.7. The Bertz CT molecular complexity index is 826. The third-order valence-corrected chi connectivity index (χ3v) is 11.0. The Balaban J connectivity index is 4.27. The average molecular weight is 779 g/mol. The van der Waals surface area contributed by atoms with E-state index in [2.05, 4.69) is 27.7 Å². The molecule has 0 rings (SSSR count). The lowest BCUT2D eigenvalue weighted by Gasteiger charge is -2.18. The van der Waals surface area contributed by atoms with E-state index in [-0.39, 0.29) is 31.1 Å². The van der Waals surface area contributed by atoms with Crippen molar-refractivity contribution in [2.75, 3.05) is 13.2 Å². The van der Waals surface area contributed by atoms with Crippen LogP contribution < -0.4 is 0 Å². The number of hydrogen-bond acceptors (Lipinski definition) is 6. The standard InChI is InChI=1S/C49H94O6/c1-5-7-9-11-13-15-20-26-30-34-38-42-49(52)55-46(43-53-47(50)40-36-32-28-24-16-14-12-10-8-6-2)44-54-48(51)41-37-33-29-25-22-19-17-18-21-23-27-31-35-39-45(3)4/h45-46H,5-44H2,1-4H3/t46-/m1/s1. The Morgan fingerprint density at radius 2 is 0.600 bits per heavy atom. The molecule has 0 aromatic heterocycles. The van der Waals surface area contributed by atoms with Crippen molar-refractivity contribution in [2.24, 2.45) is 5.92 Å². The van der Waals surface area contributed by atoms with Gasteiger partial charge in [0.2, 0.25) is 0 Å². The van der Waals surface area contributed by atoms with Gasteiger partial charge < -0.3 is 14.2 Å². The highest BCUT2D eigenvalue weighted by Gasteiger charge is 2.19. The summed E-state index contributed by atoms with van der Waals surface area (Å²) >= 11 is 0. The van der Waals surface area contributed by atoms with Crippen LogP contribution in [0.3, 0.4) is 0 Å². The molecule has 0 aromatic rings. The predicted octanol–water partition coefficient (Wildman–Crippen LogP) is 15.5. The van der Waals surface area contributed by atoms with Crippen LogP contribution in [0.2, 0.25) is 0 Å². The fourth-order valence-corrected chi connectivity index (χ4v) is 7.33. The quantitative estimate of drug-likeness (QED) is 0.0348. The lowest BCUT2D eigenvalue weighted by Crippen LogP contribution is -2.30. The van der Waals surface area contributed by atoms with Crippen molar-refractivity contribution in [3.63, 3.8) is 0 Å². The maximum absolute atomic E-state index is 12.7. The first-order chi connectivity index (χ1) is 26.9. The summed E-state index contributed by atoms with van der Waals surface area (Å²) in [6.07, 6.45) is 43.7. The Hall–Kier alpha value is -1.59. The van der Waals surface area contributed by atoms with Crippen molar-refractivity contribution < 1.29 is 28.6 Å². The molecule has 55 heavy (non-hydrogen) atoms. The number of hydrogen-bond donors (Lipinski definition) is 0. The van der Waals surface area contributed by atoms with E-state index in [0.717, 1.165) is 63.7 Å². The number of ether oxygens (including phenoxy) is 3. The predicted molar refractivity (Wildman–Crippen MR) is 233 cm³/mol. The Morgan fingerprint density at radius 1 is 0.345 bits per heavy atom. The maximum Gasteiger partial charge on any atom is 0.306 e. The van der Waals surface area contributed by atoms with E-state index >= 15 is 0 Å². The molecule has 0 amide bonds. The molecule has 0 radical (unpaired) electrons. The highest BCUT2D eigenvalue weighted by molar-refractivity contribution is 5.71. The molecule has 6 heteroatoms. The van der Waals surface area contributed by atoms with Crippen LogP contribution >= 0.6 is 0 Å². The van der Waals surface area contributed by atoms with E-state index in [9.17, 15) is 14.4 Å². The molecule has 0 saturated heterocycles. The number of unbranched alkanes of at least 4 members (excludes halogenated alkanes) is 31. The zero-order chi connectivity index (χ0) is 40.3. The first-order valence-electron chi connectivity index (χ1n) is 24.4. The van der Waals surface area contributed by atoms with Gasteiger partial charge in [-0.25, -0.2) is 0 Å². The molecular weight excluding hydrogens is 685 g/mol. The van der Waals surface area contributed by atoms with Crippen LogP contribution in [-0.4, -0.2) is 37.2 Å². The third-order valence-electron chi connectivity index (χ3n) is 11.0. The lowest BCUT2D eigenvalue weighted by atomic mass is 10.0. The van der Waals surface area contributed by atoms with Gasteiger partial charge in [-0.3, -0.25) is 14.4 Å². The lowest BCUT2D eigenvalue weighted by molar-refractivity contribution is -0.167. The minimum Gasteiger partial charge on any atom is -0.462 e. The largest absolute Gasteiger partial charge is 0.462 e. The van der Waals surface area contributed by atoms with Gasteiger partial charge in [-0.1, -0.05) is 233 Å². The summed E-state index contributed by atoms with van der Waals surface area (Å²) in [5, 5.41) is 0. The summed E-state index contributed by atoms with van der Waals surface area (Å²) in [5.74, 6) is -0.0108. The molecule has 0 aliphatic heterocycles. The molecule has 0 bridgehead atoms. The van der Waals surface area contributed by atoms with Crippen LogP contribution in [0.15, 0.2) is 0 Å². The first kappa shape index (κ1) is 53.4. The summed E-state index contributed by atoms with van der Waals surface area (Å²) in [6.45, 7) is 9.00. The zero-order valence-electron chi connectivity index (χ0n) is 37.4. The zero-order valence-corrected chi connectivity index (χ0v) is 37.4. The molecule has 0 fully saturated rings. The summed E-state index contributed by atoms with van der Waals surface area (Å²) < 4.78 is 16.7. The van der Waals surface area contributed by atoms with Gasteiger partial charge in [0, 0.05) is 19.3 Å². The van der Waals surface area contributed by atoms with E-state index in [1.165, 1.54) is 167 Å². The monoisotopic (exact) mass is 779 g/mol. The highest BCUT2D eigenvalue weighted by Crippen LogP contribution is 2.17. The average Bonchev–Trinajstić information content (AvgIpc) is 3.17. The van der Waals surface area contributed by atoms with Crippen molar-refractivity contribution in [1.29, 1.82) is 0 Å². The molecule has 0 saturated carbocycles. The number of carbonyl (C=O) groups excluding carboxylic acids is 3. The van der Waals surface area contributed by atoms with Crippen molar-refractivity contribution >= 4 is 17.9 Å². The molecule has 1 atom stereocenters. The summed E-state index contributed by atoms with van der Waals surface area (Å²) in [4.78, 5) is 37.8. The summed E-state index contributed by atoms with van der Waals surface area (Å²) in [7, 11) is 0. The summed E-state index contributed by atoms with van der Waals surface area (Å²) in [5.41, 5.74) is 0. The van der Waals surface area contributed by atoms with Crippen LogP contribution in [0.4, 0.5) is 0 Å². The first-order valence-corrected chi connectivity index (χ1v) is 24.4. The Labute approximate surface area is 342 Å². The van der Waals surface area contributed by atoms with E-state index in [1.807, 2.05) is 0 Å². The molecular formula is C49H94O6. The smallest absolute Gasteiger partial charge is 0.306 e. The van der Waals surface area contributed by atoms with E-state index in [1.54, 1.807) is 0 Å². The van der Waals surface area contributed by atoms with E-state index in [0.29, 0.717) is 19.3 Å². The van der Waals surface area contributed by atoms with Gasteiger partial charge in [0.25, 0.3) is 0 Å². The van der Waals surface area contributed by atoms with Crippen molar-refractivity contribution in [1.82, 2.24) is 0 Å². The van der Waals surface area contributed by atoms with Gasteiger partial charge in [-0.15, -0.1) is 0 Å². The number of carbonyl (C=O) groups is 3. The van der Waals surface area contributed by atoms with E-state index < -0.39 is 6.10 Å². The molecule has 326 valence electrons. The third kappa shape index (κ3) is 43.4. The van der Waals surface area contributed by atoms with Gasteiger partial charge in [0.15, 0.2) is 6.10 Å². The van der Waals surface area contributed by atoms with Gasteiger partial charge in [-0.05, 0) is 25.2 Å². The SMILES string of the molecule is CCCCCCCCCCCCCC(=O)O[C@H](COC(=O)CCCCCCCCCCCC)COC(=O)CCCCCCCCCCCCCCCC(C)C. The molecule has 0 N–H and O–H groups in total. The Morgan fingerprint density at radius 3 is 0.891 bits per heavy atom. The van der Waals surface area contributed by atoms with E-state index in [4.69, 9.17) is 14.2 Å². The van der Waals surface area contributed by atoms with Crippen LogP contribution in [0.5, 0.6) is 0 Å². The van der Waals surface area contributed by atoms with Gasteiger partial charge in [0.05, 0.1) is 0 Å². The minimum atomic E-state index is -0.759. The second kappa shape index (κ2) is 43.5. The van der Waals surface area contributed by atoms with Gasteiger partial charge >= 0.3 is 17.9 Å². The number of esters is 3. The molecule has 0 spiro atoms. The van der Waals surface area contributed by atoms with Gasteiger partial charge in [-0.2, -0.15) is 0 Å². The molecule has 0 aliphatic rings. The fourth-order valence-electron chi connectivity index (χ4n) is 7.33. The van der Waals surface area contributed by atoms with Crippen LogP contribution in [-0.2, 0) is 28.6 Å². The second-order valence-corrected chi connectivity index (χ2v) is 17.2. The minimum absolute atomic E-state index is 0.0632. The molecule has 0 heterocycles. The van der Waals surface area contributed by atoms with Crippen molar-refractivity contribution in [3.8, 4) is 0 Å². The fraction of sp³-hybridized carbons (Fsp3) is 0.939. The van der Waals surface area contributed by atoms with Crippen molar-refractivity contribution in [3.05, 3.63) is 0 Å². The van der Waals surface area contributed by atoms with Crippen LogP contribution in [0.1, 0.15) is 272 Å². The van der Waals surface area contributed by atoms with Crippen molar-refractivity contribution in [2.45, 2.75) is 278 Å². The van der Waals surface area contributed by atoms with Crippen LogP contribution in [0, 0.1) is 5.92 Å². The number of rotatable bonds is 44. The molecule has 0 aliphatic carbocycles. The van der Waals surface area contributed by atoms with Crippen LogP contribution in [0.25, 0.3) is 0 Å². The molecule has 0 unspecified atom stereocenters.